The first-order valence-electron chi connectivity index (χ1n) is 4.84. The van der Waals surface area contributed by atoms with Crippen molar-refractivity contribution in [2.75, 3.05) is 12.4 Å². The Morgan fingerprint density at radius 3 is 2.62 bits per heavy atom. The molecule has 1 aromatic rings. The molecule has 0 bridgehead atoms. The second kappa shape index (κ2) is 6.03. The van der Waals surface area contributed by atoms with Crippen LogP contribution in [0.15, 0.2) is 41.3 Å². The number of sulfonamides is 1. The van der Waals surface area contributed by atoms with Gasteiger partial charge in [0.2, 0.25) is 10.0 Å². The molecular weight excluding hydrogens is 246 g/mol. The van der Waals surface area contributed by atoms with Crippen LogP contribution in [0.3, 0.4) is 0 Å². The molecule has 0 aromatic heterocycles. The second-order valence-corrected chi connectivity index (χ2v) is 5.29. The summed E-state index contributed by atoms with van der Waals surface area (Å²) in [7, 11) is -3.42. The van der Waals surface area contributed by atoms with Crippen molar-refractivity contribution in [3.8, 4) is 0 Å². The Balaban J connectivity index is 2.79. The molecular formula is C11H14ClNO2S. The molecule has 0 aliphatic carbocycles. The lowest BCUT2D eigenvalue weighted by atomic mass is 10.2. The number of benzene rings is 1. The van der Waals surface area contributed by atoms with E-state index in [0.717, 1.165) is 5.56 Å². The predicted octanol–water partition coefficient (Wildman–Crippen LogP) is 2.07. The van der Waals surface area contributed by atoms with Gasteiger partial charge >= 0.3 is 0 Å². The normalized spacial score (nSPS) is 12.1. The van der Waals surface area contributed by atoms with Crippen molar-refractivity contribution in [3.05, 3.63) is 42.0 Å². The van der Waals surface area contributed by atoms with E-state index in [-0.39, 0.29) is 6.54 Å². The van der Waals surface area contributed by atoms with Crippen LogP contribution in [-0.2, 0) is 10.0 Å². The molecule has 16 heavy (non-hydrogen) atoms. The smallest absolute Gasteiger partial charge is 0.207 e. The average Bonchev–Trinajstić information content (AvgIpc) is 2.25. The highest BCUT2D eigenvalue weighted by Gasteiger charge is 2.14. The molecule has 0 fully saturated rings. The molecule has 0 radical (unpaired) electrons. The Kier molecular flexibility index (Phi) is 4.99. The number of allylic oxidation sites excluding steroid dienone is 1. The maximum atomic E-state index is 11.8. The zero-order chi connectivity index (χ0) is 12.0. The summed E-state index contributed by atoms with van der Waals surface area (Å²) in [6, 6.07) is 6.87. The number of hydrogen-bond donors (Lipinski definition) is 1. The molecule has 0 aliphatic heterocycles. The minimum atomic E-state index is -3.42. The summed E-state index contributed by atoms with van der Waals surface area (Å²) >= 11 is 5.43. The van der Waals surface area contributed by atoms with Gasteiger partial charge in [-0.1, -0.05) is 30.4 Å². The molecule has 0 atom stereocenters. The van der Waals surface area contributed by atoms with E-state index >= 15 is 0 Å². The van der Waals surface area contributed by atoms with Gasteiger partial charge in [0, 0.05) is 12.4 Å². The van der Waals surface area contributed by atoms with Crippen LogP contribution >= 0.6 is 11.6 Å². The largest absolute Gasteiger partial charge is 0.241 e. The van der Waals surface area contributed by atoms with Crippen LogP contribution in [0.5, 0.6) is 0 Å². The van der Waals surface area contributed by atoms with Crippen LogP contribution in [0.4, 0.5) is 0 Å². The van der Waals surface area contributed by atoms with Crippen LogP contribution in [0, 0.1) is 6.92 Å². The number of aryl methyl sites for hydroxylation is 1. The Morgan fingerprint density at radius 2 is 2.00 bits per heavy atom. The third-order valence-electron chi connectivity index (χ3n) is 2.03. The molecule has 0 unspecified atom stereocenters. The molecule has 1 aromatic carbocycles. The molecule has 5 heteroatoms. The fourth-order valence-corrected chi connectivity index (χ4v) is 2.59. The van der Waals surface area contributed by atoms with Crippen molar-refractivity contribution in [3.63, 3.8) is 0 Å². The van der Waals surface area contributed by atoms with Crippen LogP contribution < -0.4 is 4.72 Å². The first-order valence-corrected chi connectivity index (χ1v) is 6.86. The van der Waals surface area contributed by atoms with E-state index in [2.05, 4.69) is 4.72 Å². The fraction of sp³-hybridized carbons (Fsp3) is 0.273. The topological polar surface area (TPSA) is 46.2 Å². The number of hydrogen-bond acceptors (Lipinski definition) is 2. The van der Waals surface area contributed by atoms with Crippen molar-refractivity contribution in [1.29, 1.82) is 0 Å². The molecule has 0 amide bonds. The van der Waals surface area contributed by atoms with Crippen LogP contribution in [0.2, 0.25) is 0 Å². The molecule has 1 rings (SSSR count). The zero-order valence-electron chi connectivity index (χ0n) is 8.98. The van der Waals surface area contributed by atoms with Gasteiger partial charge in [0.25, 0.3) is 0 Å². The summed E-state index contributed by atoms with van der Waals surface area (Å²) in [5, 5.41) is 0. The molecule has 1 N–H and O–H groups in total. The maximum Gasteiger partial charge on any atom is 0.241 e. The lowest BCUT2D eigenvalue weighted by Crippen LogP contribution is -2.24. The van der Waals surface area contributed by atoms with Gasteiger partial charge in [-0.05, 0) is 18.6 Å². The highest BCUT2D eigenvalue weighted by atomic mass is 35.5. The Bertz CT molecular complexity index is 469. The van der Waals surface area contributed by atoms with E-state index in [9.17, 15) is 8.42 Å². The quantitative estimate of drug-likeness (QED) is 0.650. The van der Waals surface area contributed by atoms with Gasteiger partial charge < -0.3 is 0 Å². The van der Waals surface area contributed by atoms with Crippen LogP contribution in [-0.4, -0.2) is 20.8 Å². The van der Waals surface area contributed by atoms with Crippen molar-refractivity contribution >= 4 is 21.6 Å². The Hall–Kier alpha value is -0.840. The first-order chi connectivity index (χ1) is 7.58. The molecule has 0 heterocycles. The second-order valence-electron chi connectivity index (χ2n) is 3.24. The summed E-state index contributed by atoms with van der Waals surface area (Å²) in [6.45, 7) is 2.02. The summed E-state index contributed by atoms with van der Waals surface area (Å²) in [5.74, 6) is 0.381. The lowest BCUT2D eigenvalue weighted by Gasteiger charge is -2.06. The minimum Gasteiger partial charge on any atom is -0.207 e. The third kappa shape index (κ3) is 3.63. The SMILES string of the molecule is Cc1ccccc1S(=O)(=O)NC/C=C/CCl. The molecule has 0 saturated heterocycles. The van der Waals surface area contributed by atoms with Crippen molar-refractivity contribution in [1.82, 2.24) is 4.72 Å². The van der Waals surface area contributed by atoms with Crippen LogP contribution in [0.1, 0.15) is 5.56 Å². The summed E-state index contributed by atoms with van der Waals surface area (Å²) in [6.07, 6.45) is 3.38. The standard InChI is InChI=1S/C11H14ClNO2S/c1-10-6-2-3-7-11(10)16(14,15)13-9-5-4-8-12/h2-7,13H,8-9H2,1H3/b5-4+. The van der Waals surface area contributed by atoms with Crippen molar-refractivity contribution < 1.29 is 8.42 Å². The van der Waals surface area contributed by atoms with E-state index < -0.39 is 10.0 Å². The lowest BCUT2D eigenvalue weighted by molar-refractivity contribution is 0.585. The zero-order valence-corrected chi connectivity index (χ0v) is 10.6. The van der Waals surface area contributed by atoms with Gasteiger partial charge in [0.1, 0.15) is 0 Å². The Labute approximate surface area is 101 Å². The van der Waals surface area contributed by atoms with Gasteiger partial charge in [0.15, 0.2) is 0 Å². The van der Waals surface area contributed by atoms with Crippen LogP contribution in [0.25, 0.3) is 0 Å². The van der Waals surface area contributed by atoms with E-state index in [4.69, 9.17) is 11.6 Å². The minimum absolute atomic E-state index is 0.253. The highest BCUT2D eigenvalue weighted by Crippen LogP contribution is 2.13. The number of rotatable bonds is 5. The maximum absolute atomic E-state index is 11.8. The first kappa shape index (κ1) is 13.2. The molecule has 0 aliphatic rings. The van der Waals surface area contributed by atoms with E-state index in [1.807, 2.05) is 6.07 Å². The van der Waals surface area contributed by atoms with Crippen molar-refractivity contribution in [2.45, 2.75) is 11.8 Å². The highest BCUT2D eigenvalue weighted by molar-refractivity contribution is 7.89. The van der Waals surface area contributed by atoms with E-state index in [0.29, 0.717) is 10.8 Å². The monoisotopic (exact) mass is 259 g/mol. The fourth-order valence-electron chi connectivity index (χ4n) is 1.24. The molecule has 88 valence electrons. The number of nitrogens with one attached hydrogen (secondary N) is 1. The van der Waals surface area contributed by atoms with Gasteiger partial charge in [0.05, 0.1) is 4.90 Å². The van der Waals surface area contributed by atoms with Gasteiger partial charge in [-0.3, -0.25) is 0 Å². The summed E-state index contributed by atoms with van der Waals surface area (Å²) < 4.78 is 26.2. The molecule has 3 nitrogen and oxygen atoms in total. The predicted molar refractivity (Wildman–Crippen MR) is 66.2 cm³/mol. The van der Waals surface area contributed by atoms with E-state index in [1.165, 1.54) is 0 Å². The Morgan fingerprint density at radius 1 is 1.31 bits per heavy atom. The summed E-state index contributed by atoms with van der Waals surface area (Å²) in [5.41, 5.74) is 0.733. The molecule has 0 spiro atoms. The van der Waals surface area contributed by atoms with Gasteiger partial charge in [-0.15, -0.1) is 11.6 Å². The average molecular weight is 260 g/mol. The van der Waals surface area contributed by atoms with Crippen molar-refractivity contribution in [2.24, 2.45) is 0 Å². The van der Waals surface area contributed by atoms with Gasteiger partial charge in [-0.2, -0.15) is 0 Å². The summed E-state index contributed by atoms with van der Waals surface area (Å²) in [4.78, 5) is 0.314. The number of alkyl halides is 1. The third-order valence-corrected chi connectivity index (χ3v) is 3.79. The molecule has 0 saturated carbocycles. The van der Waals surface area contributed by atoms with Gasteiger partial charge in [-0.25, -0.2) is 13.1 Å². The van der Waals surface area contributed by atoms with E-state index in [1.54, 1.807) is 37.3 Å². The number of halogens is 1.